The molecule has 2 aromatic rings. The molecule has 0 aromatic heterocycles. The summed E-state index contributed by atoms with van der Waals surface area (Å²) >= 11 is 0. The van der Waals surface area contributed by atoms with Crippen LogP contribution in [0.4, 0.5) is 0 Å². The number of hydrogen-bond acceptors (Lipinski definition) is 4. The van der Waals surface area contributed by atoms with Gasteiger partial charge in [-0.25, -0.2) is 4.79 Å². The van der Waals surface area contributed by atoms with E-state index in [-0.39, 0.29) is 11.8 Å². The first-order valence-electron chi connectivity index (χ1n) is 8.63. The van der Waals surface area contributed by atoms with Crippen molar-refractivity contribution in [2.45, 2.75) is 38.6 Å². The molecule has 3 rings (SSSR count). The quantitative estimate of drug-likeness (QED) is 0.668. The van der Waals surface area contributed by atoms with Crippen LogP contribution >= 0.6 is 0 Å². The van der Waals surface area contributed by atoms with E-state index in [0.29, 0.717) is 5.75 Å². The van der Waals surface area contributed by atoms with Crippen molar-refractivity contribution in [1.29, 1.82) is 0 Å². The molecule has 0 heterocycles. The number of benzene rings is 2. The Kier molecular flexibility index (Phi) is 5.22. The Morgan fingerprint density at radius 1 is 1.04 bits per heavy atom. The van der Waals surface area contributed by atoms with E-state index in [0.717, 1.165) is 42.2 Å². The maximum absolute atomic E-state index is 12.6. The number of hydrogen-bond donors (Lipinski definition) is 1. The number of rotatable bonds is 5. The number of carbonyl (C=O) groups excluding carboxylic acids is 2. The lowest BCUT2D eigenvalue weighted by molar-refractivity contribution is -0.140. The zero-order valence-corrected chi connectivity index (χ0v) is 14.6. The van der Waals surface area contributed by atoms with E-state index in [9.17, 15) is 9.59 Å². The van der Waals surface area contributed by atoms with E-state index in [1.165, 1.54) is 6.92 Å². The van der Waals surface area contributed by atoms with Crippen molar-refractivity contribution in [3.63, 3.8) is 0 Å². The predicted octanol–water partition coefficient (Wildman–Crippen LogP) is 3.45. The molecule has 0 spiro atoms. The monoisotopic (exact) mass is 341 g/mol. The van der Waals surface area contributed by atoms with Crippen molar-refractivity contribution in [2.75, 3.05) is 7.11 Å². The molecule has 1 N–H and O–H groups in total. The number of nitrogens with one attached hydrogen (secondary N) is 1. The van der Waals surface area contributed by atoms with Gasteiger partial charge >= 0.3 is 5.97 Å². The van der Waals surface area contributed by atoms with E-state index in [4.69, 9.17) is 9.47 Å². The van der Waals surface area contributed by atoms with E-state index in [1.54, 1.807) is 13.2 Å². The van der Waals surface area contributed by atoms with E-state index in [1.807, 2.05) is 30.3 Å². The molecule has 5 heteroatoms. The first-order chi connectivity index (χ1) is 12.1. The topological polar surface area (TPSA) is 64.6 Å². The van der Waals surface area contributed by atoms with Gasteiger partial charge in [0.2, 0.25) is 5.91 Å². The van der Waals surface area contributed by atoms with Crippen molar-refractivity contribution >= 4 is 22.6 Å². The minimum atomic E-state index is -0.582. The average molecular weight is 341 g/mol. The summed E-state index contributed by atoms with van der Waals surface area (Å²) in [4.78, 5) is 24.1. The minimum Gasteiger partial charge on any atom is -0.497 e. The van der Waals surface area contributed by atoms with Crippen LogP contribution in [0.25, 0.3) is 10.8 Å². The normalized spacial score (nSPS) is 15.8. The van der Waals surface area contributed by atoms with Crippen LogP contribution in [0.15, 0.2) is 36.4 Å². The first kappa shape index (κ1) is 17.3. The highest BCUT2D eigenvalue weighted by Crippen LogP contribution is 2.29. The summed E-state index contributed by atoms with van der Waals surface area (Å²) in [6.45, 7) is 1.43. The SMILES string of the molecule is COc1ccc2ccc(OC(=O)C(NC(C)=O)C3CCCC3)cc2c1. The van der Waals surface area contributed by atoms with Crippen molar-refractivity contribution in [1.82, 2.24) is 5.32 Å². The Labute approximate surface area is 147 Å². The molecule has 1 atom stereocenters. The van der Waals surface area contributed by atoms with Gasteiger partial charge in [0.15, 0.2) is 0 Å². The second-order valence-electron chi connectivity index (χ2n) is 6.52. The van der Waals surface area contributed by atoms with Crippen molar-refractivity contribution < 1.29 is 19.1 Å². The third kappa shape index (κ3) is 4.10. The van der Waals surface area contributed by atoms with Gasteiger partial charge in [-0.3, -0.25) is 4.79 Å². The van der Waals surface area contributed by atoms with E-state index < -0.39 is 12.0 Å². The lowest BCUT2D eigenvalue weighted by atomic mass is 9.98. The second-order valence-corrected chi connectivity index (χ2v) is 6.52. The molecule has 1 unspecified atom stereocenters. The lowest BCUT2D eigenvalue weighted by Crippen LogP contribution is -2.46. The Morgan fingerprint density at radius 3 is 2.32 bits per heavy atom. The lowest BCUT2D eigenvalue weighted by Gasteiger charge is -2.22. The van der Waals surface area contributed by atoms with Gasteiger partial charge < -0.3 is 14.8 Å². The van der Waals surface area contributed by atoms with Gasteiger partial charge in [0.05, 0.1) is 7.11 Å². The Morgan fingerprint density at radius 2 is 1.68 bits per heavy atom. The van der Waals surface area contributed by atoms with Crippen LogP contribution in [0, 0.1) is 5.92 Å². The zero-order chi connectivity index (χ0) is 17.8. The smallest absolute Gasteiger partial charge is 0.334 e. The number of amides is 1. The van der Waals surface area contributed by atoms with E-state index in [2.05, 4.69) is 5.32 Å². The maximum Gasteiger partial charge on any atom is 0.334 e. The molecular formula is C20H23NO4. The van der Waals surface area contributed by atoms with Crippen molar-refractivity contribution in [3.8, 4) is 11.5 Å². The average Bonchev–Trinajstić information content (AvgIpc) is 3.13. The van der Waals surface area contributed by atoms with Gasteiger partial charge in [-0.1, -0.05) is 25.0 Å². The van der Waals surface area contributed by atoms with Crippen LogP contribution < -0.4 is 14.8 Å². The molecular weight excluding hydrogens is 318 g/mol. The second kappa shape index (κ2) is 7.55. The molecule has 132 valence electrons. The number of methoxy groups -OCH3 is 1. The molecule has 0 bridgehead atoms. The number of carbonyl (C=O) groups is 2. The van der Waals surface area contributed by atoms with Gasteiger partial charge in [-0.2, -0.15) is 0 Å². The third-order valence-corrected chi connectivity index (χ3v) is 4.72. The molecule has 25 heavy (non-hydrogen) atoms. The number of ether oxygens (including phenoxy) is 2. The van der Waals surface area contributed by atoms with Crippen LogP contribution in [0.5, 0.6) is 11.5 Å². The van der Waals surface area contributed by atoms with Crippen LogP contribution in [0.1, 0.15) is 32.6 Å². The van der Waals surface area contributed by atoms with Gasteiger partial charge in [-0.05, 0) is 53.8 Å². The number of fused-ring (bicyclic) bond motifs is 1. The first-order valence-corrected chi connectivity index (χ1v) is 8.63. The fourth-order valence-electron chi connectivity index (χ4n) is 3.45. The summed E-state index contributed by atoms with van der Waals surface area (Å²) in [6, 6.07) is 10.6. The summed E-state index contributed by atoms with van der Waals surface area (Å²) in [7, 11) is 1.62. The highest BCUT2D eigenvalue weighted by molar-refractivity contribution is 5.88. The molecule has 1 saturated carbocycles. The highest BCUT2D eigenvalue weighted by atomic mass is 16.5. The molecule has 0 radical (unpaired) electrons. The van der Waals surface area contributed by atoms with Gasteiger partial charge in [0.1, 0.15) is 17.5 Å². The minimum absolute atomic E-state index is 0.150. The third-order valence-electron chi connectivity index (χ3n) is 4.72. The fraction of sp³-hybridized carbons (Fsp3) is 0.400. The zero-order valence-electron chi connectivity index (χ0n) is 14.6. The predicted molar refractivity (Wildman–Crippen MR) is 95.7 cm³/mol. The standard InChI is InChI=1S/C20H23NO4/c1-13(22)21-19(15-5-3-4-6-15)20(23)25-18-10-8-14-7-9-17(24-2)11-16(14)12-18/h7-12,15,19H,3-6H2,1-2H3,(H,21,22). The molecule has 0 saturated heterocycles. The molecule has 5 nitrogen and oxygen atoms in total. The van der Waals surface area contributed by atoms with E-state index >= 15 is 0 Å². The summed E-state index contributed by atoms with van der Waals surface area (Å²) in [5, 5.41) is 4.73. The maximum atomic E-state index is 12.6. The van der Waals surface area contributed by atoms with Crippen LogP contribution in [0.2, 0.25) is 0 Å². The summed E-state index contributed by atoms with van der Waals surface area (Å²) in [6.07, 6.45) is 4.05. The van der Waals surface area contributed by atoms with Crippen LogP contribution in [-0.4, -0.2) is 25.0 Å². The fourth-order valence-corrected chi connectivity index (χ4v) is 3.45. The summed E-state index contributed by atoms with van der Waals surface area (Å²) in [5.74, 6) is 0.760. The molecule has 1 amide bonds. The van der Waals surface area contributed by atoms with Crippen LogP contribution in [0.3, 0.4) is 0 Å². The van der Waals surface area contributed by atoms with Crippen molar-refractivity contribution in [2.24, 2.45) is 5.92 Å². The molecule has 1 aliphatic rings. The largest absolute Gasteiger partial charge is 0.497 e. The Bertz CT molecular complexity index is 780. The summed E-state index contributed by atoms with van der Waals surface area (Å²) < 4.78 is 10.8. The molecule has 2 aromatic carbocycles. The van der Waals surface area contributed by atoms with Crippen molar-refractivity contribution in [3.05, 3.63) is 36.4 Å². The molecule has 1 fully saturated rings. The van der Waals surface area contributed by atoms with Gasteiger partial charge in [0, 0.05) is 6.92 Å². The molecule has 0 aliphatic heterocycles. The number of esters is 1. The Balaban J connectivity index is 1.79. The van der Waals surface area contributed by atoms with Crippen LogP contribution in [-0.2, 0) is 9.59 Å². The van der Waals surface area contributed by atoms with Gasteiger partial charge in [0.25, 0.3) is 0 Å². The Hall–Kier alpha value is -2.56. The summed E-state index contributed by atoms with van der Waals surface area (Å²) in [5.41, 5.74) is 0. The van der Waals surface area contributed by atoms with Gasteiger partial charge in [-0.15, -0.1) is 0 Å². The molecule has 1 aliphatic carbocycles. The highest BCUT2D eigenvalue weighted by Gasteiger charge is 2.32.